The topological polar surface area (TPSA) is 84.5 Å². The Morgan fingerprint density at radius 1 is 1.19 bits per heavy atom. The molecule has 6 nitrogen and oxygen atoms in total. The molecule has 0 unspecified atom stereocenters. The Morgan fingerprint density at radius 2 is 1.89 bits per heavy atom. The third-order valence-electron chi connectivity index (χ3n) is 4.20. The van der Waals surface area contributed by atoms with Crippen molar-refractivity contribution in [1.29, 1.82) is 0 Å². The first-order valence-electron chi connectivity index (χ1n) is 8.85. The Hall–Kier alpha value is -2.38. The lowest BCUT2D eigenvalue weighted by atomic mass is 10.1. The molecule has 27 heavy (non-hydrogen) atoms. The zero-order valence-electron chi connectivity index (χ0n) is 16.1. The Labute approximate surface area is 161 Å². The second-order valence-corrected chi connectivity index (χ2v) is 8.16. The maximum absolute atomic E-state index is 12.6. The monoisotopic (exact) mass is 390 g/mol. The zero-order chi connectivity index (χ0) is 20.0. The summed E-state index contributed by atoms with van der Waals surface area (Å²) in [5.41, 5.74) is 1.65. The van der Waals surface area contributed by atoms with Gasteiger partial charge in [0.25, 0.3) is 5.91 Å². The Balaban J connectivity index is 2.32. The van der Waals surface area contributed by atoms with Crippen LogP contribution >= 0.6 is 0 Å². The van der Waals surface area contributed by atoms with Crippen LogP contribution in [0, 0.1) is 6.92 Å². The number of aryl methyl sites for hydroxylation is 1. The summed E-state index contributed by atoms with van der Waals surface area (Å²) < 4.78 is 33.1. The molecule has 0 saturated carbocycles. The zero-order valence-corrected chi connectivity index (χ0v) is 16.9. The fourth-order valence-electron chi connectivity index (χ4n) is 2.79. The number of hydrogen-bond donors (Lipinski definition) is 2. The summed E-state index contributed by atoms with van der Waals surface area (Å²) >= 11 is 0. The van der Waals surface area contributed by atoms with Gasteiger partial charge in [0, 0.05) is 11.6 Å². The summed E-state index contributed by atoms with van der Waals surface area (Å²) in [6.45, 7) is 5.66. The first kappa shape index (κ1) is 20.9. The van der Waals surface area contributed by atoms with Crippen molar-refractivity contribution in [3.8, 4) is 5.75 Å². The number of nitrogens with one attached hydrogen (secondary N) is 2. The summed E-state index contributed by atoms with van der Waals surface area (Å²) in [6, 6.07) is 11.4. The fourth-order valence-corrected chi connectivity index (χ4v) is 4.10. The van der Waals surface area contributed by atoms with Crippen molar-refractivity contribution >= 4 is 21.6 Å². The van der Waals surface area contributed by atoms with Gasteiger partial charge in [0.1, 0.15) is 5.75 Å². The highest BCUT2D eigenvalue weighted by Crippen LogP contribution is 2.28. The first-order valence-corrected chi connectivity index (χ1v) is 10.3. The third-order valence-corrected chi connectivity index (χ3v) is 5.78. The van der Waals surface area contributed by atoms with E-state index in [2.05, 4.69) is 10.0 Å². The predicted molar refractivity (Wildman–Crippen MR) is 107 cm³/mol. The second-order valence-electron chi connectivity index (χ2n) is 6.44. The highest BCUT2D eigenvalue weighted by atomic mass is 32.2. The Bertz CT molecular complexity index is 910. The summed E-state index contributed by atoms with van der Waals surface area (Å²) in [5, 5.41) is 2.75. The van der Waals surface area contributed by atoms with Gasteiger partial charge in [0.15, 0.2) is 0 Å². The Morgan fingerprint density at radius 3 is 2.52 bits per heavy atom. The molecule has 0 saturated heterocycles. The molecule has 2 aromatic rings. The first-order chi connectivity index (χ1) is 12.8. The molecule has 0 aliphatic rings. The lowest BCUT2D eigenvalue weighted by molar-refractivity contribution is 0.102. The van der Waals surface area contributed by atoms with E-state index in [9.17, 15) is 13.2 Å². The van der Waals surface area contributed by atoms with Crippen molar-refractivity contribution in [2.75, 3.05) is 12.4 Å². The van der Waals surface area contributed by atoms with Crippen molar-refractivity contribution in [1.82, 2.24) is 4.72 Å². The van der Waals surface area contributed by atoms with Gasteiger partial charge in [-0.15, -0.1) is 0 Å². The quantitative estimate of drug-likeness (QED) is 0.719. The number of anilines is 1. The lowest BCUT2D eigenvalue weighted by Gasteiger charge is -2.16. The molecule has 2 N–H and O–H groups in total. The SMILES string of the molecule is CCC[C@@H](C)NS(=O)(=O)c1ccc(OC)c(NC(=O)c2ccccc2C)c1. The number of benzene rings is 2. The van der Waals surface area contributed by atoms with E-state index in [0.29, 0.717) is 17.0 Å². The van der Waals surface area contributed by atoms with Gasteiger partial charge >= 0.3 is 0 Å². The van der Waals surface area contributed by atoms with E-state index >= 15 is 0 Å². The fraction of sp³-hybridized carbons (Fsp3) is 0.350. The molecule has 7 heteroatoms. The number of hydrogen-bond acceptors (Lipinski definition) is 4. The van der Waals surface area contributed by atoms with Gasteiger partial charge in [-0.25, -0.2) is 13.1 Å². The largest absolute Gasteiger partial charge is 0.495 e. The normalized spacial score (nSPS) is 12.4. The van der Waals surface area contributed by atoms with Gasteiger partial charge in [-0.1, -0.05) is 31.5 Å². The van der Waals surface area contributed by atoms with Crippen molar-refractivity contribution < 1.29 is 17.9 Å². The molecule has 146 valence electrons. The molecule has 0 aromatic heterocycles. The smallest absolute Gasteiger partial charge is 0.256 e. The van der Waals surface area contributed by atoms with Crippen LogP contribution in [0.4, 0.5) is 5.69 Å². The van der Waals surface area contributed by atoms with E-state index in [1.807, 2.05) is 32.9 Å². The minimum absolute atomic E-state index is 0.0753. The van der Waals surface area contributed by atoms with Gasteiger partial charge in [-0.2, -0.15) is 0 Å². The van der Waals surface area contributed by atoms with Crippen LogP contribution in [0.1, 0.15) is 42.6 Å². The number of amides is 1. The molecule has 2 aromatic carbocycles. The molecule has 0 heterocycles. The van der Waals surface area contributed by atoms with Crippen LogP contribution in [-0.2, 0) is 10.0 Å². The van der Waals surface area contributed by atoms with Crippen LogP contribution in [0.15, 0.2) is 47.4 Å². The van der Waals surface area contributed by atoms with E-state index in [0.717, 1.165) is 18.4 Å². The standard InChI is InChI=1S/C20H26N2O4S/c1-5-8-15(3)22-27(24,25)16-11-12-19(26-4)18(13-16)21-20(23)17-10-7-6-9-14(17)2/h6-7,9-13,15,22H,5,8H2,1-4H3,(H,21,23)/t15-/m1/s1. The molecule has 1 amide bonds. The number of methoxy groups -OCH3 is 1. The van der Waals surface area contributed by atoms with Crippen LogP contribution in [0.3, 0.4) is 0 Å². The van der Waals surface area contributed by atoms with Crippen LogP contribution < -0.4 is 14.8 Å². The van der Waals surface area contributed by atoms with Gasteiger partial charge in [-0.3, -0.25) is 4.79 Å². The summed E-state index contributed by atoms with van der Waals surface area (Å²) in [5.74, 6) is 0.0609. The van der Waals surface area contributed by atoms with Gasteiger partial charge in [0.05, 0.1) is 17.7 Å². The molecule has 0 bridgehead atoms. The van der Waals surface area contributed by atoms with Gasteiger partial charge in [0.2, 0.25) is 10.0 Å². The summed E-state index contributed by atoms with van der Waals surface area (Å²) in [6.07, 6.45) is 1.62. The average Bonchev–Trinajstić information content (AvgIpc) is 2.61. The van der Waals surface area contributed by atoms with E-state index in [-0.39, 0.29) is 16.8 Å². The molecular weight excluding hydrogens is 364 g/mol. The second kappa shape index (κ2) is 9.01. The molecule has 1 atom stereocenters. The van der Waals surface area contributed by atoms with E-state index in [1.54, 1.807) is 12.1 Å². The molecule has 0 aliphatic carbocycles. The number of sulfonamides is 1. The third kappa shape index (κ3) is 5.30. The molecule has 0 aliphatic heterocycles. The maximum Gasteiger partial charge on any atom is 0.256 e. The summed E-state index contributed by atoms with van der Waals surface area (Å²) in [4.78, 5) is 12.7. The van der Waals surface area contributed by atoms with E-state index < -0.39 is 10.0 Å². The molecule has 2 rings (SSSR count). The molecular formula is C20H26N2O4S. The lowest BCUT2D eigenvalue weighted by Crippen LogP contribution is -2.32. The minimum atomic E-state index is -3.69. The highest BCUT2D eigenvalue weighted by molar-refractivity contribution is 7.89. The van der Waals surface area contributed by atoms with Crippen molar-refractivity contribution in [3.63, 3.8) is 0 Å². The van der Waals surface area contributed by atoms with Gasteiger partial charge in [-0.05, 0) is 50.1 Å². The predicted octanol–water partition coefficient (Wildman–Crippen LogP) is 3.72. The molecule has 0 fully saturated rings. The molecule has 0 radical (unpaired) electrons. The number of rotatable bonds is 8. The van der Waals surface area contributed by atoms with Crippen molar-refractivity contribution in [2.24, 2.45) is 0 Å². The van der Waals surface area contributed by atoms with E-state index in [1.165, 1.54) is 25.3 Å². The van der Waals surface area contributed by atoms with Crippen molar-refractivity contribution in [2.45, 2.75) is 44.6 Å². The van der Waals surface area contributed by atoms with Crippen molar-refractivity contribution in [3.05, 3.63) is 53.6 Å². The van der Waals surface area contributed by atoms with E-state index in [4.69, 9.17) is 4.74 Å². The molecule has 0 spiro atoms. The van der Waals surface area contributed by atoms with Crippen LogP contribution in [0.2, 0.25) is 0 Å². The maximum atomic E-state index is 12.6. The summed E-state index contributed by atoms with van der Waals surface area (Å²) in [7, 11) is -2.23. The average molecular weight is 391 g/mol. The van der Waals surface area contributed by atoms with Gasteiger partial charge < -0.3 is 10.1 Å². The highest BCUT2D eigenvalue weighted by Gasteiger charge is 2.20. The minimum Gasteiger partial charge on any atom is -0.495 e. The van der Waals surface area contributed by atoms with Crippen LogP contribution in [0.5, 0.6) is 5.75 Å². The van der Waals surface area contributed by atoms with Crippen LogP contribution in [0.25, 0.3) is 0 Å². The Kier molecular flexibility index (Phi) is 6.98. The van der Waals surface area contributed by atoms with Crippen LogP contribution in [-0.4, -0.2) is 27.5 Å². The number of carbonyl (C=O) groups excluding carboxylic acids is 1. The number of carbonyl (C=O) groups is 1. The number of ether oxygens (including phenoxy) is 1.